The van der Waals surface area contributed by atoms with E-state index in [1.54, 1.807) is 21.1 Å². The molecule has 30 heavy (non-hydrogen) atoms. The number of carbonyl (C=O) groups is 2. The lowest BCUT2D eigenvalue weighted by Crippen LogP contribution is -2.40. The molecule has 4 rings (SSSR count). The highest BCUT2D eigenvalue weighted by Crippen LogP contribution is 2.33. The average Bonchev–Trinajstić information content (AvgIpc) is 2.97. The molecule has 1 heterocycles. The molecule has 0 bridgehead atoms. The van der Waals surface area contributed by atoms with Crippen molar-refractivity contribution < 1.29 is 19.1 Å². The van der Waals surface area contributed by atoms with E-state index in [4.69, 9.17) is 9.47 Å². The molecule has 1 N–H and O–H groups in total. The van der Waals surface area contributed by atoms with Crippen LogP contribution in [0.5, 0.6) is 11.5 Å². The second kappa shape index (κ2) is 7.37. The molecule has 0 saturated carbocycles. The van der Waals surface area contributed by atoms with Crippen LogP contribution in [-0.4, -0.2) is 31.1 Å². The zero-order valence-corrected chi connectivity index (χ0v) is 17.5. The largest absolute Gasteiger partial charge is 0.497 e. The molecule has 1 atom stereocenters. The molecule has 3 aromatic rings. The number of urea groups is 1. The molecule has 1 saturated heterocycles. The van der Waals surface area contributed by atoms with E-state index >= 15 is 0 Å². The van der Waals surface area contributed by atoms with Gasteiger partial charge in [0.2, 0.25) is 0 Å². The van der Waals surface area contributed by atoms with Gasteiger partial charge in [0, 0.05) is 5.56 Å². The fourth-order valence-electron chi connectivity index (χ4n) is 3.90. The van der Waals surface area contributed by atoms with Crippen LogP contribution in [-0.2, 0) is 16.9 Å². The van der Waals surface area contributed by atoms with Gasteiger partial charge in [-0.05, 0) is 54.4 Å². The van der Waals surface area contributed by atoms with Gasteiger partial charge in [-0.1, -0.05) is 35.9 Å². The average molecular weight is 404 g/mol. The van der Waals surface area contributed by atoms with Crippen LogP contribution in [0.2, 0.25) is 0 Å². The lowest BCUT2D eigenvalue weighted by molar-refractivity contribution is -0.131. The number of fused-ring (bicyclic) bond motifs is 1. The molecule has 1 aliphatic heterocycles. The number of carbonyl (C=O) groups excluding carboxylic acids is 2. The first-order valence-corrected chi connectivity index (χ1v) is 9.71. The second-order valence-corrected chi connectivity index (χ2v) is 7.69. The summed E-state index contributed by atoms with van der Waals surface area (Å²) in [5.74, 6) is 1.13. The van der Waals surface area contributed by atoms with Gasteiger partial charge < -0.3 is 14.8 Å². The zero-order chi connectivity index (χ0) is 21.5. The summed E-state index contributed by atoms with van der Waals surface area (Å²) in [6.45, 7) is 3.85. The Bertz CT molecular complexity index is 1160. The second-order valence-electron chi connectivity index (χ2n) is 7.69. The third-order valence-electron chi connectivity index (χ3n) is 5.66. The topological polar surface area (TPSA) is 67.9 Å². The van der Waals surface area contributed by atoms with Crippen molar-refractivity contribution in [1.29, 1.82) is 0 Å². The first-order valence-electron chi connectivity index (χ1n) is 9.71. The minimum Gasteiger partial charge on any atom is -0.497 e. The lowest BCUT2D eigenvalue weighted by atomic mass is 9.90. The number of amides is 3. The summed E-state index contributed by atoms with van der Waals surface area (Å²) in [7, 11) is 3.20. The molecule has 0 aliphatic carbocycles. The highest BCUT2D eigenvalue weighted by Gasteiger charge is 2.49. The van der Waals surface area contributed by atoms with Gasteiger partial charge in [0.25, 0.3) is 5.91 Å². The van der Waals surface area contributed by atoms with Crippen LogP contribution < -0.4 is 14.8 Å². The number of benzene rings is 3. The molecule has 1 aliphatic rings. The van der Waals surface area contributed by atoms with Crippen molar-refractivity contribution in [3.05, 3.63) is 71.3 Å². The molecule has 3 amide bonds. The molecule has 0 unspecified atom stereocenters. The Hall–Kier alpha value is -3.54. The minimum atomic E-state index is -1.14. The Labute approximate surface area is 175 Å². The number of nitrogens with zero attached hydrogens (tertiary/aromatic N) is 1. The number of nitrogens with one attached hydrogen (secondary N) is 1. The van der Waals surface area contributed by atoms with Crippen LogP contribution in [0, 0.1) is 6.92 Å². The van der Waals surface area contributed by atoms with Gasteiger partial charge >= 0.3 is 6.03 Å². The molecule has 6 heteroatoms. The molecule has 1 fully saturated rings. The Morgan fingerprint density at radius 3 is 2.40 bits per heavy atom. The first kappa shape index (κ1) is 19.8. The van der Waals surface area contributed by atoms with Crippen molar-refractivity contribution in [3.8, 4) is 11.5 Å². The van der Waals surface area contributed by atoms with Gasteiger partial charge in [-0.2, -0.15) is 0 Å². The maximum Gasteiger partial charge on any atom is 0.325 e. The van der Waals surface area contributed by atoms with Crippen LogP contribution in [0.25, 0.3) is 10.8 Å². The van der Waals surface area contributed by atoms with E-state index in [0.717, 1.165) is 33.2 Å². The summed E-state index contributed by atoms with van der Waals surface area (Å²) in [6, 6.07) is 16.8. The molecule has 6 nitrogen and oxygen atoms in total. The van der Waals surface area contributed by atoms with E-state index in [1.807, 2.05) is 61.5 Å². The van der Waals surface area contributed by atoms with Crippen molar-refractivity contribution in [3.63, 3.8) is 0 Å². The number of ether oxygens (including phenoxy) is 2. The molecular weight excluding hydrogens is 380 g/mol. The van der Waals surface area contributed by atoms with E-state index in [9.17, 15) is 9.59 Å². The van der Waals surface area contributed by atoms with Crippen LogP contribution in [0.4, 0.5) is 4.79 Å². The Morgan fingerprint density at radius 2 is 1.67 bits per heavy atom. The molecule has 154 valence electrons. The third-order valence-corrected chi connectivity index (χ3v) is 5.66. The highest BCUT2D eigenvalue weighted by molar-refractivity contribution is 6.07. The Kier molecular flexibility index (Phi) is 4.86. The SMILES string of the molecule is COc1ccc2cc([C@@]3(C)NC(=O)N(Cc4cc(C)ccc4OC)C3=O)ccc2c1. The predicted molar refractivity (Wildman–Crippen MR) is 115 cm³/mol. The third kappa shape index (κ3) is 3.24. The predicted octanol–water partition coefficient (Wildman–Crippen LogP) is 4.13. The number of rotatable bonds is 5. The van der Waals surface area contributed by atoms with E-state index in [1.165, 1.54) is 4.90 Å². The van der Waals surface area contributed by atoms with Crippen molar-refractivity contribution in [2.24, 2.45) is 0 Å². The number of hydrogen-bond donors (Lipinski definition) is 1. The summed E-state index contributed by atoms with van der Waals surface area (Å²) in [5, 5.41) is 4.85. The summed E-state index contributed by atoms with van der Waals surface area (Å²) in [5.41, 5.74) is 1.42. The van der Waals surface area contributed by atoms with Gasteiger partial charge in [-0.25, -0.2) is 4.79 Å². The maximum atomic E-state index is 13.3. The first-order chi connectivity index (χ1) is 14.4. The van der Waals surface area contributed by atoms with E-state index in [0.29, 0.717) is 5.75 Å². The fraction of sp³-hybridized carbons (Fsp3) is 0.250. The van der Waals surface area contributed by atoms with Crippen LogP contribution >= 0.6 is 0 Å². The van der Waals surface area contributed by atoms with Crippen molar-refractivity contribution >= 4 is 22.7 Å². The maximum absolute atomic E-state index is 13.3. The Balaban J connectivity index is 1.67. The smallest absolute Gasteiger partial charge is 0.325 e. The lowest BCUT2D eigenvalue weighted by Gasteiger charge is -2.23. The number of hydrogen-bond acceptors (Lipinski definition) is 4. The van der Waals surface area contributed by atoms with Gasteiger partial charge in [-0.3, -0.25) is 9.69 Å². The number of imide groups is 1. The minimum absolute atomic E-state index is 0.149. The molecule has 0 radical (unpaired) electrons. The van der Waals surface area contributed by atoms with E-state index in [-0.39, 0.29) is 12.5 Å². The standard InChI is InChI=1S/C24H24N2O4/c1-15-5-10-21(30-4)18(11-15)14-26-22(27)24(2,25-23(26)28)19-8-6-17-13-20(29-3)9-7-16(17)12-19/h5-13H,14H2,1-4H3,(H,25,28)/t24-/m1/s1. The van der Waals surface area contributed by atoms with E-state index in [2.05, 4.69) is 5.32 Å². The summed E-state index contributed by atoms with van der Waals surface area (Å²) in [6.07, 6.45) is 0. The van der Waals surface area contributed by atoms with Crippen LogP contribution in [0.3, 0.4) is 0 Å². The van der Waals surface area contributed by atoms with Gasteiger partial charge in [-0.15, -0.1) is 0 Å². The van der Waals surface area contributed by atoms with E-state index < -0.39 is 11.6 Å². The summed E-state index contributed by atoms with van der Waals surface area (Å²) in [4.78, 5) is 27.3. The normalized spacial score (nSPS) is 18.6. The number of aryl methyl sites for hydroxylation is 1. The molecule has 0 spiro atoms. The number of methoxy groups -OCH3 is 2. The van der Waals surface area contributed by atoms with Crippen LogP contribution in [0.1, 0.15) is 23.6 Å². The van der Waals surface area contributed by atoms with Gasteiger partial charge in [0.05, 0.1) is 20.8 Å². The fourth-order valence-corrected chi connectivity index (χ4v) is 3.90. The van der Waals surface area contributed by atoms with Crippen molar-refractivity contribution in [2.45, 2.75) is 25.9 Å². The highest BCUT2D eigenvalue weighted by atomic mass is 16.5. The monoisotopic (exact) mass is 404 g/mol. The van der Waals surface area contributed by atoms with Crippen molar-refractivity contribution in [1.82, 2.24) is 10.2 Å². The van der Waals surface area contributed by atoms with Crippen LogP contribution in [0.15, 0.2) is 54.6 Å². The molecular formula is C24H24N2O4. The quantitative estimate of drug-likeness (QED) is 0.649. The molecule has 3 aromatic carbocycles. The molecule has 0 aromatic heterocycles. The summed E-state index contributed by atoms with van der Waals surface area (Å²) >= 11 is 0. The van der Waals surface area contributed by atoms with Crippen molar-refractivity contribution in [2.75, 3.05) is 14.2 Å². The van der Waals surface area contributed by atoms with Gasteiger partial charge in [0.15, 0.2) is 0 Å². The summed E-state index contributed by atoms with van der Waals surface area (Å²) < 4.78 is 10.7. The van der Waals surface area contributed by atoms with Gasteiger partial charge in [0.1, 0.15) is 17.0 Å². The Morgan fingerprint density at radius 1 is 0.933 bits per heavy atom. The zero-order valence-electron chi connectivity index (χ0n) is 17.5.